The molecule has 150 valence electrons. The van der Waals surface area contributed by atoms with Crippen molar-refractivity contribution in [3.05, 3.63) is 52.8 Å². The minimum Gasteiger partial charge on any atom is -0.352 e. The van der Waals surface area contributed by atoms with Crippen molar-refractivity contribution < 1.29 is 9.59 Å². The van der Waals surface area contributed by atoms with Crippen molar-refractivity contribution in [2.24, 2.45) is 0 Å². The number of hydrogen-bond acceptors (Lipinski definition) is 4. The average Bonchev–Trinajstić information content (AvgIpc) is 3.40. The summed E-state index contributed by atoms with van der Waals surface area (Å²) in [6.45, 7) is 5.56. The predicted molar refractivity (Wildman–Crippen MR) is 108 cm³/mol. The molecule has 7 heteroatoms. The number of hydrogen-bond donors (Lipinski definition) is 2. The van der Waals surface area contributed by atoms with Crippen molar-refractivity contribution in [2.45, 2.75) is 45.8 Å². The summed E-state index contributed by atoms with van der Waals surface area (Å²) in [5, 5.41) is 10.5. The molecule has 1 aromatic heterocycles. The van der Waals surface area contributed by atoms with Gasteiger partial charge in [0.1, 0.15) is 0 Å². The lowest BCUT2D eigenvalue weighted by Crippen LogP contribution is -2.41. The zero-order valence-electron chi connectivity index (χ0n) is 16.9. The Morgan fingerprint density at radius 1 is 1.14 bits per heavy atom. The number of aromatic nitrogens is 2. The zero-order valence-corrected chi connectivity index (χ0v) is 16.9. The molecular formula is C21H29N5O2. The third-order valence-electron chi connectivity index (χ3n) is 4.94. The van der Waals surface area contributed by atoms with Crippen LogP contribution in [0.2, 0.25) is 0 Å². The highest BCUT2D eigenvalue weighted by Crippen LogP contribution is 2.18. The Labute approximate surface area is 166 Å². The molecular weight excluding hydrogens is 354 g/mol. The fourth-order valence-corrected chi connectivity index (χ4v) is 3.19. The molecule has 2 N–H and O–H groups in total. The molecule has 1 aliphatic carbocycles. The largest absolute Gasteiger partial charge is 0.352 e. The van der Waals surface area contributed by atoms with E-state index < -0.39 is 0 Å². The molecule has 28 heavy (non-hydrogen) atoms. The van der Waals surface area contributed by atoms with E-state index in [0.717, 1.165) is 29.8 Å². The van der Waals surface area contributed by atoms with Crippen molar-refractivity contribution in [3.63, 3.8) is 0 Å². The van der Waals surface area contributed by atoms with Gasteiger partial charge in [0.25, 0.3) is 0 Å². The highest BCUT2D eigenvalue weighted by molar-refractivity contribution is 5.81. The van der Waals surface area contributed by atoms with Gasteiger partial charge in [0.2, 0.25) is 11.8 Å². The van der Waals surface area contributed by atoms with E-state index in [1.54, 1.807) is 11.9 Å². The second-order valence-electron chi connectivity index (χ2n) is 7.58. The lowest BCUT2D eigenvalue weighted by Gasteiger charge is -2.16. The average molecular weight is 383 g/mol. The van der Waals surface area contributed by atoms with Gasteiger partial charge in [-0.25, -0.2) is 0 Å². The van der Waals surface area contributed by atoms with E-state index in [4.69, 9.17) is 0 Å². The maximum Gasteiger partial charge on any atom is 0.234 e. The van der Waals surface area contributed by atoms with E-state index in [0.29, 0.717) is 19.1 Å². The lowest BCUT2D eigenvalue weighted by molar-refractivity contribution is -0.124. The van der Waals surface area contributed by atoms with E-state index in [1.165, 1.54) is 5.56 Å². The summed E-state index contributed by atoms with van der Waals surface area (Å²) < 4.78 is 1.97. The highest BCUT2D eigenvalue weighted by atomic mass is 16.2. The molecule has 1 aliphatic rings. The molecule has 2 amide bonds. The molecule has 3 rings (SSSR count). The first-order valence-corrected chi connectivity index (χ1v) is 9.73. The molecule has 0 aliphatic heterocycles. The summed E-state index contributed by atoms with van der Waals surface area (Å²) in [6, 6.07) is 10.5. The molecule has 1 aromatic carbocycles. The van der Waals surface area contributed by atoms with Gasteiger partial charge < -0.3 is 10.6 Å². The van der Waals surface area contributed by atoms with Gasteiger partial charge in [0.15, 0.2) is 0 Å². The van der Waals surface area contributed by atoms with Crippen LogP contribution in [0.3, 0.4) is 0 Å². The Balaban J connectivity index is 1.49. The van der Waals surface area contributed by atoms with Gasteiger partial charge in [-0.2, -0.15) is 5.10 Å². The number of rotatable bonds is 9. The Bertz CT molecular complexity index is 827. The Morgan fingerprint density at radius 3 is 2.50 bits per heavy atom. The number of benzene rings is 1. The zero-order chi connectivity index (χ0) is 20.1. The summed E-state index contributed by atoms with van der Waals surface area (Å²) in [7, 11) is 1.78. The van der Waals surface area contributed by atoms with E-state index in [2.05, 4.69) is 27.9 Å². The SMILES string of the molecule is Cc1nn(Cc2ccccc2)c(C)c1CNC(=O)CN(C)CC(=O)NC1CC1. The first kappa shape index (κ1) is 20.1. The van der Waals surface area contributed by atoms with Crippen molar-refractivity contribution in [1.82, 2.24) is 25.3 Å². The quantitative estimate of drug-likeness (QED) is 0.686. The maximum atomic E-state index is 12.3. The Hall–Kier alpha value is -2.67. The molecule has 1 saturated carbocycles. The highest BCUT2D eigenvalue weighted by Gasteiger charge is 2.23. The number of carbonyl (C=O) groups is 2. The van der Waals surface area contributed by atoms with Crippen LogP contribution in [0.4, 0.5) is 0 Å². The number of nitrogens with one attached hydrogen (secondary N) is 2. The van der Waals surface area contributed by atoms with Gasteiger partial charge >= 0.3 is 0 Å². The van der Waals surface area contributed by atoms with Gasteiger partial charge in [0, 0.05) is 23.8 Å². The van der Waals surface area contributed by atoms with Crippen LogP contribution in [-0.2, 0) is 22.7 Å². The van der Waals surface area contributed by atoms with Crippen LogP contribution in [0.25, 0.3) is 0 Å². The first-order chi connectivity index (χ1) is 13.4. The second-order valence-corrected chi connectivity index (χ2v) is 7.58. The minimum atomic E-state index is -0.101. The van der Waals surface area contributed by atoms with Crippen LogP contribution in [0.15, 0.2) is 30.3 Å². The molecule has 0 spiro atoms. The lowest BCUT2D eigenvalue weighted by atomic mass is 10.2. The van der Waals surface area contributed by atoms with Crippen molar-refractivity contribution in [1.29, 1.82) is 0 Å². The van der Waals surface area contributed by atoms with Gasteiger partial charge in [-0.1, -0.05) is 30.3 Å². The first-order valence-electron chi connectivity index (χ1n) is 9.73. The van der Waals surface area contributed by atoms with Crippen LogP contribution in [-0.4, -0.2) is 52.7 Å². The number of carbonyl (C=O) groups excluding carboxylic acids is 2. The van der Waals surface area contributed by atoms with Gasteiger partial charge in [-0.05, 0) is 39.3 Å². The summed E-state index contributed by atoms with van der Waals surface area (Å²) in [6.07, 6.45) is 2.12. The van der Waals surface area contributed by atoms with Crippen LogP contribution >= 0.6 is 0 Å². The van der Waals surface area contributed by atoms with Crippen LogP contribution in [0.1, 0.15) is 35.4 Å². The molecule has 1 fully saturated rings. The fourth-order valence-electron chi connectivity index (χ4n) is 3.19. The summed E-state index contributed by atoms with van der Waals surface area (Å²) >= 11 is 0. The summed E-state index contributed by atoms with van der Waals surface area (Å²) in [4.78, 5) is 25.8. The number of likely N-dealkylation sites (N-methyl/N-ethyl adjacent to an activating group) is 1. The van der Waals surface area contributed by atoms with Gasteiger partial charge in [-0.3, -0.25) is 19.2 Å². The summed E-state index contributed by atoms with van der Waals surface area (Å²) in [5.41, 5.74) is 4.21. The smallest absolute Gasteiger partial charge is 0.234 e. The monoisotopic (exact) mass is 383 g/mol. The Morgan fingerprint density at radius 2 is 1.82 bits per heavy atom. The van der Waals surface area contributed by atoms with Crippen LogP contribution in [0, 0.1) is 13.8 Å². The molecule has 1 heterocycles. The normalized spacial score (nSPS) is 13.6. The Kier molecular flexibility index (Phi) is 6.46. The van der Waals surface area contributed by atoms with E-state index >= 15 is 0 Å². The predicted octanol–water partition coefficient (Wildman–Crippen LogP) is 1.37. The van der Waals surface area contributed by atoms with Crippen LogP contribution < -0.4 is 10.6 Å². The molecule has 2 aromatic rings. The molecule has 0 bridgehead atoms. The fraction of sp³-hybridized carbons (Fsp3) is 0.476. The third-order valence-corrected chi connectivity index (χ3v) is 4.94. The standard InChI is InChI=1S/C21H29N5O2/c1-15-19(16(2)26(24-15)12-17-7-5-4-6-8-17)11-22-20(27)13-25(3)14-21(28)23-18-9-10-18/h4-8,18H,9-14H2,1-3H3,(H,22,27)(H,23,28). The van der Waals surface area contributed by atoms with E-state index in [-0.39, 0.29) is 24.9 Å². The number of nitrogens with zero attached hydrogens (tertiary/aromatic N) is 3. The second kappa shape index (κ2) is 9.01. The third kappa shape index (κ3) is 5.66. The molecule has 0 atom stereocenters. The molecule has 0 saturated heterocycles. The summed E-state index contributed by atoms with van der Waals surface area (Å²) in [5.74, 6) is -0.122. The van der Waals surface area contributed by atoms with Gasteiger partial charge in [-0.15, -0.1) is 0 Å². The minimum absolute atomic E-state index is 0.0216. The topological polar surface area (TPSA) is 79.3 Å². The van der Waals surface area contributed by atoms with E-state index in [1.807, 2.05) is 36.7 Å². The van der Waals surface area contributed by atoms with E-state index in [9.17, 15) is 9.59 Å². The number of amides is 2. The van der Waals surface area contributed by atoms with Gasteiger partial charge in [0.05, 0.1) is 25.3 Å². The number of aryl methyl sites for hydroxylation is 1. The molecule has 0 unspecified atom stereocenters. The molecule has 7 nitrogen and oxygen atoms in total. The van der Waals surface area contributed by atoms with Crippen LogP contribution in [0.5, 0.6) is 0 Å². The van der Waals surface area contributed by atoms with Crippen molar-refractivity contribution in [3.8, 4) is 0 Å². The van der Waals surface area contributed by atoms with Crippen molar-refractivity contribution >= 4 is 11.8 Å². The maximum absolute atomic E-state index is 12.3. The van der Waals surface area contributed by atoms with Crippen molar-refractivity contribution in [2.75, 3.05) is 20.1 Å². The molecule has 0 radical (unpaired) electrons.